The van der Waals surface area contributed by atoms with Crippen LogP contribution in [-0.4, -0.2) is 42.5 Å². The molecule has 0 amide bonds. The van der Waals surface area contributed by atoms with Crippen molar-refractivity contribution in [3.05, 3.63) is 0 Å². The molecule has 0 radical (unpaired) electrons. The molecule has 0 aromatic rings. The molecule has 102 valence electrons. The van der Waals surface area contributed by atoms with Gasteiger partial charge in [0.25, 0.3) is 0 Å². The van der Waals surface area contributed by atoms with Gasteiger partial charge in [0.2, 0.25) is 10.0 Å². The van der Waals surface area contributed by atoms with Crippen molar-refractivity contribution in [3.8, 4) is 0 Å². The highest BCUT2D eigenvalue weighted by Crippen LogP contribution is 2.19. The molecule has 2 atom stereocenters. The van der Waals surface area contributed by atoms with Gasteiger partial charge >= 0.3 is 5.97 Å². The zero-order valence-corrected chi connectivity index (χ0v) is 11.4. The lowest BCUT2D eigenvalue weighted by Gasteiger charge is -2.20. The van der Waals surface area contributed by atoms with E-state index in [1.165, 1.54) is 6.92 Å². The summed E-state index contributed by atoms with van der Waals surface area (Å²) in [4.78, 5) is 10.7. The first kappa shape index (κ1) is 16.3. The van der Waals surface area contributed by atoms with Crippen LogP contribution in [0.25, 0.3) is 0 Å². The Morgan fingerprint density at radius 2 is 1.82 bits per heavy atom. The second-order valence-electron chi connectivity index (χ2n) is 5.30. The monoisotopic (exact) mass is 267 g/mol. The van der Waals surface area contributed by atoms with Gasteiger partial charge < -0.3 is 10.2 Å². The Morgan fingerprint density at radius 1 is 1.35 bits per heavy atom. The van der Waals surface area contributed by atoms with Crippen LogP contribution in [0.5, 0.6) is 0 Å². The van der Waals surface area contributed by atoms with Crippen LogP contribution < -0.4 is 4.72 Å². The number of carboxylic acids is 1. The minimum Gasteiger partial charge on any atom is -0.480 e. The minimum absolute atomic E-state index is 0.154. The van der Waals surface area contributed by atoms with E-state index in [2.05, 4.69) is 0 Å². The summed E-state index contributed by atoms with van der Waals surface area (Å²) in [6.07, 6.45) is -0.869. The van der Waals surface area contributed by atoms with Gasteiger partial charge in [-0.1, -0.05) is 20.8 Å². The molecule has 0 aromatic carbocycles. The summed E-state index contributed by atoms with van der Waals surface area (Å²) in [6, 6.07) is -1.50. The number of carboxylic acid groups (broad SMARTS) is 1. The second kappa shape index (κ2) is 5.79. The van der Waals surface area contributed by atoms with Crippen LogP contribution in [0.15, 0.2) is 0 Å². The zero-order chi connectivity index (χ0) is 13.9. The van der Waals surface area contributed by atoms with Gasteiger partial charge in [0.1, 0.15) is 6.04 Å². The largest absolute Gasteiger partial charge is 0.480 e. The van der Waals surface area contributed by atoms with Crippen molar-refractivity contribution in [2.75, 3.05) is 5.75 Å². The van der Waals surface area contributed by atoms with Crippen molar-refractivity contribution in [1.29, 1.82) is 0 Å². The van der Waals surface area contributed by atoms with E-state index in [0.29, 0.717) is 6.42 Å². The summed E-state index contributed by atoms with van der Waals surface area (Å²) in [5, 5.41) is 17.9. The van der Waals surface area contributed by atoms with Crippen molar-refractivity contribution >= 4 is 16.0 Å². The van der Waals surface area contributed by atoms with Crippen molar-refractivity contribution in [1.82, 2.24) is 4.72 Å². The lowest BCUT2D eigenvalue weighted by Crippen LogP contribution is -2.48. The standard InChI is InChI=1S/C10H21NO5S/c1-7(12)8(9(13)14)11-17(15,16)6-5-10(2,3)4/h7-8,11-12H,5-6H2,1-4H3,(H,13,14)/t7-,8+/m1/s1. The molecule has 0 rings (SSSR count). The molecule has 7 heteroatoms. The molecular formula is C10H21NO5S. The maximum atomic E-state index is 11.6. The van der Waals surface area contributed by atoms with E-state index >= 15 is 0 Å². The molecule has 0 spiro atoms. The lowest BCUT2D eigenvalue weighted by atomic mass is 9.94. The molecular weight excluding hydrogens is 246 g/mol. The zero-order valence-electron chi connectivity index (χ0n) is 10.6. The highest BCUT2D eigenvalue weighted by Gasteiger charge is 2.28. The van der Waals surface area contributed by atoms with Gasteiger partial charge in [-0.2, -0.15) is 4.72 Å². The Bertz CT molecular complexity index is 355. The molecule has 0 aliphatic heterocycles. The van der Waals surface area contributed by atoms with E-state index in [4.69, 9.17) is 10.2 Å². The quantitative estimate of drug-likeness (QED) is 0.636. The number of carbonyl (C=O) groups is 1. The number of rotatable bonds is 6. The Kier molecular flexibility index (Phi) is 5.57. The average Bonchev–Trinajstić information content (AvgIpc) is 2.09. The number of hydrogen-bond donors (Lipinski definition) is 3. The summed E-state index contributed by atoms with van der Waals surface area (Å²) >= 11 is 0. The van der Waals surface area contributed by atoms with E-state index in [1.807, 2.05) is 25.5 Å². The molecule has 0 saturated carbocycles. The summed E-state index contributed by atoms with van der Waals surface area (Å²) in [7, 11) is -3.69. The van der Waals surface area contributed by atoms with E-state index in [0.717, 1.165) is 0 Å². The van der Waals surface area contributed by atoms with Gasteiger partial charge in [-0.3, -0.25) is 4.79 Å². The molecule has 17 heavy (non-hydrogen) atoms. The molecule has 0 heterocycles. The van der Waals surface area contributed by atoms with E-state index in [-0.39, 0.29) is 11.2 Å². The molecule has 0 fully saturated rings. The minimum atomic E-state index is -3.69. The Hall–Kier alpha value is -0.660. The first-order valence-corrected chi connectivity index (χ1v) is 7.01. The second-order valence-corrected chi connectivity index (χ2v) is 7.18. The third kappa shape index (κ3) is 7.30. The molecule has 0 aliphatic rings. The van der Waals surface area contributed by atoms with Gasteiger partial charge in [-0.25, -0.2) is 8.42 Å². The third-order valence-electron chi connectivity index (χ3n) is 2.18. The van der Waals surface area contributed by atoms with Crippen LogP contribution in [0.3, 0.4) is 0 Å². The van der Waals surface area contributed by atoms with Crippen molar-refractivity contribution in [2.45, 2.75) is 46.3 Å². The average molecular weight is 267 g/mol. The normalized spacial score (nSPS) is 16.5. The molecule has 0 bridgehead atoms. The molecule has 0 aromatic heterocycles. The van der Waals surface area contributed by atoms with Crippen molar-refractivity contribution in [2.24, 2.45) is 5.41 Å². The van der Waals surface area contributed by atoms with Gasteiger partial charge in [-0.05, 0) is 18.8 Å². The Labute approximate surface area is 102 Å². The van der Waals surface area contributed by atoms with Gasteiger partial charge in [-0.15, -0.1) is 0 Å². The first-order valence-electron chi connectivity index (χ1n) is 5.35. The van der Waals surface area contributed by atoms with Crippen LogP contribution in [0.4, 0.5) is 0 Å². The highest BCUT2D eigenvalue weighted by atomic mass is 32.2. The molecule has 3 N–H and O–H groups in total. The van der Waals surface area contributed by atoms with E-state index in [1.54, 1.807) is 0 Å². The topological polar surface area (TPSA) is 104 Å². The summed E-state index contributed by atoms with van der Waals surface area (Å²) < 4.78 is 25.2. The maximum Gasteiger partial charge on any atom is 0.324 e. The summed E-state index contributed by atoms with van der Waals surface area (Å²) in [5.41, 5.74) is -0.154. The molecule has 0 saturated heterocycles. The first-order chi connectivity index (χ1) is 7.44. The molecule has 6 nitrogen and oxygen atoms in total. The lowest BCUT2D eigenvalue weighted by molar-refractivity contribution is -0.141. The number of hydrogen-bond acceptors (Lipinski definition) is 4. The maximum absolute atomic E-state index is 11.6. The number of aliphatic hydroxyl groups excluding tert-OH is 1. The van der Waals surface area contributed by atoms with E-state index in [9.17, 15) is 13.2 Å². The van der Waals surface area contributed by atoms with Crippen LogP contribution in [0, 0.1) is 5.41 Å². The smallest absolute Gasteiger partial charge is 0.324 e. The summed E-state index contributed by atoms with van der Waals surface area (Å²) in [6.45, 7) is 6.91. The van der Waals surface area contributed by atoms with Crippen LogP contribution in [0.1, 0.15) is 34.1 Å². The van der Waals surface area contributed by atoms with Crippen LogP contribution in [0.2, 0.25) is 0 Å². The Morgan fingerprint density at radius 3 is 2.12 bits per heavy atom. The molecule has 0 unspecified atom stereocenters. The summed E-state index contributed by atoms with van der Waals surface area (Å²) in [5.74, 6) is -1.55. The fourth-order valence-electron chi connectivity index (χ4n) is 1.05. The fraction of sp³-hybridized carbons (Fsp3) is 0.900. The van der Waals surface area contributed by atoms with Crippen molar-refractivity contribution in [3.63, 3.8) is 0 Å². The Balaban J connectivity index is 4.58. The van der Waals surface area contributed by atoms with Crippen LogP contribution in [-0.2, 0) is 14.8 Å². The number of nitrogens with one attached hydrogen (secondary N) is 1. The number of aliphatic carboxylic acids is 1. The SMILES string of the molecule is C[C@@H](O)[C@H](NS(=O)(=O)CCC(C)(C)C)C(=O)O. The highest BCUT2D eigenvalue weighted by molar-refractivity contribution is 7.89. The number of aliphatic hydroxyl groups is 1. The predicted octanol–water partition coefficient (Wildman–Crippen LogP) is 0.176. The van der Waals surface area contributed by atoms with Gasteiger partial charge in [0.15, 0.2) is 0 Å². The van der Waals surface area contributed by atoms with Crippen LogP contribution >= 0.6 is 0 Å². The van der Waals surface area contributed by atoms with Gasteiger partial charge in [0, 0.05) is 0 Å². The van der Waals surface area contributed by atoms with Gasteiger partial charge in [0.05, 0.1) is 11.9 Å². The predicted molar refractivity (Wildman–Crippen MR) is 64.1 cm³/mol. The molecule has 0 aliphatic carbocycles. The van der Waals surface area contributed by atoms with E-state index < -0.39 is 28.1 Å². The van der Waals surface area contributed by atoms with Crippen molar-refractivity contribution < 1.29 is 23.4 Å². The third-order valence-corrected chi connectivity index (χ3v) is 3.53. The fourth-order valence-corrected chi connectivity index (χ4v) is 2.73. The number of sulfonamides is 1.